The van der Waals surface area contributed by atoms with E-state index in [1.807, 2.05) is 42.8 Å². The van der Waals surface area contributed by atoms with Gasteiger partial charge in [0.1, 0.15) is 18.0 Å². The number of carbonyl (C=O) groups excluding carboxylic acids is 1. The second-order valence-electron chi connectivity index (χ2n) is 8.76. The van der Waals surface area contributed by atoms with E-state index >= 15 is 0 Å². The molecule has 10 nitrogen and oxygen atoms in total. The standard InChI is InChI=1S/C25H28N8O2/c1-4-35-25(34)20-11-15(2)30-33(20)22-12-21(27-14-28-22)29-24-16(3)23(18-7-9-19(26)10-8-18)31-32(24)13-17-5-6-17/h7-12,14,17H,4-6,13,26H2,1-3H3,(H,27,28,29). The minimum atomic E-state index is -0.451. The lowest BCUT2D eigenvalue weighted by molar-refractivity contribution is 0.0515. The summed E-state index contributed by atoms with van der Waals surface area (Å²) in [7, 11) is 0. The first-order chi connectivity index (χ1) is 16.9. The van der Waals surface area contributed by atoms with Crippen LogP contribution in [-0.4, -0.2) is 42.1 Å². The molecule has 1 saturated carbocycles. The van der Waals surface area contributed by atoms with Crippen LogP contribution in [-0.2, 0) is 11.3 Å². The molecule has 1 aliphatic rings. The summed E-state index contributed by atoms with van der Waals surface area (Å²) in [6.45, 7) is 6.74. The topological polar surface area (TPSA) is 126 Å². The highest BCUT2D eigenvalue weighted by Gasteiger charge is 2.26. The SMILES string of the molecule is CCOC(=O)c1cc(C)nn1-c1cc(Nc2c(C)c(-c3ccc(N)cc3)nn2CC2CC2)ncn1. The number of anilines is 3. The van der Waals surface area contributed by atoms with Crippen molar-refractivity contribution in [3.63, 3.8) is 0 Å². The lowest BCUT2D eigenvalue weighted by Gasteiger charge is -2.11. The van der Waals surface area contributed by atoms with E-state index < -0.39 is 5.97 Å². The van der Waals surface area contributed by atoms with Gasteiger partial charge in [0.25, 0.3) is 0 Å². The largest absolute Gasteiger partial charge is 0.461 e. The summed E-state index contributed by atoms with van der Waals surface area (Å²) in [4.78, 5) is 21.2. The van der Waals surface area contributed by atoms with Gasteiger partial charge in [0.05, 0.1) is 18.0 Å². The van der Waals surface area contributed by atoms with Crippen molar-refractivity contribution in [1.29, 1.82) is 0 Å². The third kappa shape index (κ3) is 4.72. The minimum absolute atomic E-state index is 0.278. The molecule has 3 heterocycles. The molecule has 0 saturated heterocycles. The van der Waals surface area contributed by atoms with Gasteiger partial charge in [0, 0.05) is 29.4 Å². The van der Waals surface area contributed by atoms with Gasteiger partial charge in [-0.05, 0) is 57.7 Å². The minimum Gasteiger partial charge on any atom is -0.461 e. The Morgan fingerprint density at radius 2 is 1.91 bits per heavy atom. The average Bonchev–Trinajstić information content (AvgIpc) is 3.50. The molecule has 0 spiro atoms. The highest BCUT2D eigenvalue weighted by atomic mass is 16.5. The third-order valence-electron chi connectivity index (χ3n) is 5.93. The van der Waals surface area contributed by atoms with Gasteiger partial charge >= 0.3 is 5.97 Å². The number of benzene rings is 1. The van der Waals surface area contributed by atoms with Crippen LogP contribution in [0.15, 0.2) is 42.7 Å². The normalized spacial score (nSPS) is 13.1. The van der Waals surface area contributed by atoms with Gasteiger partial charge in [-0.3, -0.25) is 0 Å². The van der Waals surface area contributed by atoms with E-state index in [1.165, 1.54) is 23.9 Å². The first-order valence-electron chi connectivity index (χ1n) is 11.7. The molecule has 0 unspecified atom stereocenters. The van der Waals surface area contributed by atoms with Crippen LogP contribution in [0.25, 0.3) is 17.1 Å². The molecular weight excluding hydrogens is 444 g/mol. The predicted molar refractivity (Wildman–Crippen MR) is 133 cm³/mol. The maximum atomic E-state index is 12.4. The van der Waals surface area contributed by atoms with E-state index in [2.05, 4.69) is 20.4 Å². The van der Waals surface area contributed by atoms with Crippen molar-refractivity contribution in [2.45, 2.75) is 40.2 Å². The molecule has 180 valence electrons. The fraction of sp³-hybridized carbons (Fsp3) is 0.320. The third-order valence-corrected chi connectivity index (χ3v) is 5.93. The number of nitrogens with zero attached hydrogens (tertiary/aromatic N) is 6. The van der Waals surface area contributed by atoms with Gasteiger partial charge < -0.3 is 15.8 Å². The number of aromatic nitrogens is 6. The molecule has 5 rings (SSSR count). The molecule has 10 heteroatoms. The Hall–Kier alpha value is -4.21. The fourth-order valence-corrected chi connectivity index (χ4v) is 3.98. The van der Waals surface area contributed by atoms with Crippen LogP contribution in [0.1, 0.15) is 41.5 Å². The molecular formula is C25H28N8O2. The monoisotopic (exact) mass is 472 g/mol. The number of carbonyl (C=O) groups is 1. The highest BCUT2D eigenvalue weighted by molar-refractivity contribution is 5.88. The molecule has 0 amide bonds. The van der Waals surface area contributed by atoms with Gasteiger partial charge in [0.2, 0.25) is 0 Å². The number of rotatable bonds is 8. The molecule has 0 atom stereocenters. The number of hydrogen-bond donors (Lipinski definition) is 2. The molecule has 3 N–H and O–H groups in total. The molecule has 35 heavy (non-hydrogen) atoms. The van der Waals surface area contributed by atoms with Crippen LogP contribution in [0.2, 0.25) is 0 Å². The number of aryl methyl sites for hydroxylation is 1. The molecule has 1 aromatic carbocycles. The fourth-order valence-electron chi connectivity index (χ4n) is 3.98. The summed E-state index contributed by atoms with van der Waals surface area (Å²) >= 11 is 0. The van der Waals surface area contributed by atoms with Crippen LogP contribution in [0.3, 0.4) is 0 Å². The number of ether oxygens (including phenoxy) is 1. The summed E-state index contributed by atoms with van der Waals surface area (Å²) in [6.07, 6.45) is 3.87. The predicted octanol–water partition coefficient (Wildman–Crippen LogP) is 4.06. The van der Waals surface area contributed by atoms with Gasteiger partial charge in [0.15, 0.2) is 11.5 Å². The lowest BCUT2D eigenvalue weighted by Crippen LogP contribution is -2.13. The molecule has 0 aliphatic heterocycles. The van der Waals surface area contributed by atoms with Crippen molar-refractivity contribution < 1.29 is 9.53 Å². The maximum Gasteiger partial charge on any atom is 0.357 e. The van der Waals surface area contributed by atoms with Gasteiger partial charge in [-0.1, -0.05) is 12.1 Å². The maximum absolute atomic E-state index is 12.4. The Bertz CT molecular complexity index is 1370. The van der Waals surface area contributed by atoms with Crippen molar-refractivity contribution in [3.8, 4) is 17.1 Å². The van der Waals surface area contributed by atoms with Crippen molar-refractivity contribution in [1.82, 2.24) is 29.5 Å². The van der Waals surface area contributed by atoms with E-state index in [0.717, 1.165) is 29.2 Å². The van der Waals surface area contributed by atoms with Crippen LogP contribution in [0, 0.1) is 19.8 Å². The average molecular weight is 473 g/mol. The van der Waals surface area contributed by atoms with Crippen LogP contribution in [0.5, 0.6) is 0 Å². The van der Waals surface area contributed by atoms with Crippen molar-refractivity contribution in [2.24, 2.45) is 5.92 Å². The summed E-state index contributed by atoms with van der Waals surface area (Å²) in [5.74, 6) is 2.09. The zero-order chi connectivity index (χ0) is 24.5. The first kappa shape index (κ1) is 22.6. The zero-order valence-electron chi connectivity index (χ0n) is 20.0. The smallest absolute Gasteiger partial charge is 0.357 e. The zero-order valence-corrected chi connectivity index (χ0v) is 20.0. The summed E-state index contributed by atoms with van der Waals surface area (Å²) in [5.41, 5.74) is 10.5. The van der Waals surface area contributed by atoms with Crippen molar-refractivity contribution in [3.05, 3.63) is 59.7 Å². The number of esters is 1. The Morgan fingerprint density at radius 3 is 2.63 bits per heavy atom. The number of nitrogens with two attached hydrogens (primary N) is 1. The summed E-state index contributed by atoms with van der Waals surface area (Å²) in [5, 5.41) is 12.8. The number of hydrogen-bond acceptors (Lipinski definition) is 8. The Kier molecular flexibility index (Phi) is 5.94. The van der Waals surface area contributed by atoms with Crippen molar-refractivity contribution >= 4 is 23.3 Å². The van der Waals surface area contributed by atoms with E-state index in [9.17, 15) is 4.79 Å². The number of nitrogen functional groups attached to an aromatic ring is 1. The molecule has 4 aromatic rings. The summed E-state index contributed by atoms with van der Waals surface area (Å²) < 4.78 is 8.67. The van der Waals surface area contributed by atoms with Gasteiger partial charge in [-0.15, -0.1) is 0 Å². The van der Waals surface area contributed by atoms with Crippen LogP contribution in [0.4, 0.5) is 17.3 Å². The lowest BCUT2D eigenvalue weighted by atomic mass is 10.1. The Balaban J connectivity index is 1.50. The second-order valence-corrected chi connectivity index (χ2v) is 8.76. The van der Waals surface area contributed by atoms with Crippen LogP contribution >= 0.6 is 0 Å². The van der Waals surface area contributed by atoms with Crippen LogP contribution < -0.4 is 11.1 Å². The summed E-state index contributed by atoms with van der Waals surface area (Å²) in [6, 6.07) is 11.2. The van der Waals surface area contributed by atoms with E-state index in [0.29, 0.717) is 34.6 Å². The van der Waals surface area contributed by atoms with E-state index in [4.69, 9.17) is 15.6 Å². The van der Waals surface area contributed by atoms with Gasteiger partial charge in [-0.2, -0.15) is 10.2 Å². The van der Waals surface area contributed by atoms with Gasteiger partial charge in [-0.25, -0.2) is 24.1 Å². The Morgan fingerprint density at radius 1 is 1.14 bits per heavy atom. The molecule has 1 fully saturated rings. The molecule has 1 aliphatic carbocycles. The highest BCUT2D eigenvalue weighted by Crippen LogP contribution is 2.35. The van der Waals surface area contributed by atoms with E-state index in [1.54, 1.807) is 19.1 Å². The Labute approximate surface area is 203 Å². The first-order valence-corrected chi connectivity index (χ1v) is 11.7. The van der Waals surface area contributed by atoms with Crippen molar-refractivity contribution in [2.75, 3.05) is 17.7 Å². The molecule has 3 aromatic heterocycles. The van der Waals surface area contributed by atoms with E-state index in [-0.39, 0.29) is 6.61 Å². The second kappa shape index (κ2) is 9.21. The molecule has 0 bridgehead atoms. The quantitative estimate of drug-likeness (QED) is 0.290. The molecule has 0 radical (unpaired) electrons. The number of nitrogens with one attached hydrogen (secondary N) is 1.